The van der Waals surface area contributed by atoms with Crippen LogP contribution in [-0.2, 0) is 0 Å². The number of phenols is 1. The van der Waals surface area contributed by atoms with E-state index in [0.717, 1.165) is 25.7 Å². The first kappa shape index (κ1) is 22.3. The fourth-order valence-electron chi connectivity index (χ4n) is 5.73. The lowest BCUT2D eigenvalue weighted by atomic mass is 9.82. The fraction of sp³-hybridized carbons (Fsp3) is 0.480. The van der Waals surface area contributed by atoms with Crippen molar-refractivity contribution in [3.05, 3.63) is 35.5 Å². The van der Waals surface area contributed by atoms with Crippen LogP contribution in [0.1, 0.15) is 50.8 Å². The summed E-state index contributed by atoms with van der Waals surface area (Å²) in [6.07, 6.45) is 6.58. The van der Waals surface area contributed by atoms with E-state index in [2.05, 4.69) is 43.4 Å². The number of nitrogens with one attached hydrogen (secondary N) is 1. The van der Waals surface area contributed by atoms with E-state index in [9.17, 15) is 5.11 Å². The van der Waals surface area contributed by atoms with Crippen molar-refractivity contribution >= 4 is 17.3 Å². The molecule has 4 atom stereocenters. The molecular formula is C25H26FN7OS. The lowest BCUT2D eigenvalue weighted by Crippen LogP contribution is -2.66. The second-order valence-electron chi connectivity index (χ2n) is 10.4. The van der Waals surface area contributed by atoms with E-state index >= 15 is 4.39 Å². The Morgan fingerprint density at radius 2 is 2.03 bits per heavy atom. The summed E-state index contributed by atoms with van der Waals surface area (Å²) in [5.41, 5.74) is 1.04. The summed E-state index contributed by atoms with van der Waals surface area (Å²) in [5, 5.41) is 32.6. The maximum absolute atomic E-state index is 15.8. The quantitative estimate of drug-likeness (QED) is 0.546. The largest absolute Gasteiger partial charge is 0.507 e. The number of rotatable bonds is 5. The zero-order valence-corrected chi connectivity index (χ0v) is 20.4. The van der Waals surface area contributed by atoms with Gasteiger partial charge in [0.2, 0.25) is 5.95 Å². The Morgan fingerprint density at radius 1 is 1.20 bits per heavy atom. The minimum atomic E-state index is -1.02. The van der Waals surface area contributed by atoms with E-state index in [-0.39, 0.29) is 23.4 Å². The van der Waals surface area contributed by atoms with Crippen molar-refractivity contribution in [2.75, 3.05) is 4.90 Å². The molecule has 2 aromatic heterocycles. The van der Waals surface area contributed by atoms with Crippen molar-refractivity contribution < 1.29 is 9.50 Å². The molecule has 2 bridgehead atoms. The SMILES string of the molecule is C[C@@]12CC[C@@](C)(N1)[C@@H](F)[C@@H](N(c1ncc(-c3ccc(-c4ncc(C#N)s4)cc3O)nn1)C1CC1)C2. The van der Waals surface area contributed by atoms with Gasteiger partial charge >= 0.3 is 0 Å². The van der Waals surface area contributed by atoms with Crippen molar-refractivity contribution in [1.82, 2.24) is 25.5 Å². The third kappa shape index (κ3) is 3.83. The van der Waals surface area contributed by atoms with Crippen LogP contribution in [0.4, 0.5) is 10.3 Å². The van der Waals surface area contributed by atoms with E-state index < -0.39 is 11.7 Å². The van der Waals surface area contributed by atoms with Crippen LogP contribution in [0.2, 0.25) is 0 Å². The van der Waals surface area contributed by atoms with Crippen LogP contribution < -0.4 is 10.2 Å². The van der Waals surface area contributed by atoms with Crippen molar-refractivity contribution in [2.24, 2.45) is 0 Å². The topological polar surface area (TPSA) is 111 Å². The molecule has 1 saturated carbocycles. The molecule has 2 saturated heterocycles. The van der Waals surface area contributed by atoms with Crippen molar-refractivity contribution in [1.29, 1.82) is 5.26 Å². The third-order valence-electron chi connectivity index (χ3n) is 7.60. The average molecular weight is 492 g/mol. The van der Waals surface area contributed by atoms with E-state index in [0.29, 0.717) is 39.1 Å². The van der Waals surface area contributed by atoms with Crippen molar-refractivity contribution in [2.45, 2.75) is 75.3 Å². The van der Waals surface area contributed by atoms with Gasteiger partial charge in [0.25, 0.3) is 0 Å². The molecule has 0 unspecified atom stereocenters. The van der Waals surface area contributed by atoms with Crippen LogP contribution in [0.3, 0.4) is 0 Å². The van der Waals surface area contributed by atoms with Gasteiger partial charge in [0.05, 0.1) is 18.4 Å². The minimum absolute atomic E-state index is 0.0266. The van der Waals surface area contributed by atoms with Gasteiger partial charge in [-0.3, -0.25) is 0 Å². The zero-order chi connectivity index (χ0) is 24.4. The van der Waals surface area contributed by atoms with Crippen molar-refractivity contribution in [3.63, 3.8) is 0 Å². The summed E-state index contributed by atoms with van der Waals surface area (Å²) < 4.78 is 15.8. The van der Waals surface area contributed by atoms with Gasteiger partial charge in [-0.1, -0.05) is 6.07 Å². The molecule has 0 spiro atoms. The number of aromatic hydroxyl groups is 1. The standard InChI is InChI=1S/C25H26FN7OS/c1-24-7-8-25(2,32-24)21(26)19(10-24)33(15-4-5-15)23-29-13-18(30-31-23)17-6-3-14(9-20(17)34)22-28-12-16(11-27)35-22/h3,6,9,12-13,15,19,21,32,34H,4-5,7-8,10H2,1-2H3/t19-,21-,24-,25+/m0/s1. The van der Waals surface area contributed by atoms with Crippen LogP contribution in [-0.4, -0.2) is 54.6 Å². The normalized spacial score (nSPS) is 29.7. The average Bonchev–Trinajstić information content (AvgIpc) is 3.48. The maximum Gasteiger partial charge on any atom is 0.245 e. The Bertz CT molecular complexity index is 1320. The first-order chi connectivity index (χ1) is 16.8. The van der Waals surface area contributed by atoms with Crippen LogP contribution in [0, 0.1) is 11.3 Å². The number of hydrogen-bond donors (Lipinski definition) is 2. The van der Waals surface area contributed by atoms with Gasteiger partial charge < -0.3 is 15.3 Å². The fourth-order valence-corrected chi connectivity index (χ4v) is 6.43. The Hall–Kier alpha value is -3.16. The third-order valence-corrected chi connectivity index (χ3v) is 8.56. The number of nitriles is 1. The van der Waals surface area contributed by atoms with Crippen LogP contribution in [0.25, 0.3) is 21.8 Å². The van der Waals surface area contributed by atoms with Gasteiger partial charge in [0.15, 0.2) is 0 Å². The highest BCUT2D eigenvalue weighted by molar-refractivity contribution is 7.15. The summed E-state index contributed by atoms with van der Waals surface area (Å²) in [5.74, 6) is 0.471. The molecule has 3 aliphatic rings. The molecule has 3 aromatic rings. The lowest BCUT2D eigenvalue weighted by Gasteiger charge is -2.48. The van der Waals surface area contributed by atoms with Gasteiger partial charge in [-0.15, -0.1) is 21.5 Å². The highest BCUT2D eigenvalue weighted by Gasteiger charge is 2.58. The van der Waals surface area contributed by atoms with E-state index in [1.165, 1.54) is 17.5 Å². The molecule has 2 aliphatic heterocycles. The van der Waals surface area contributed by atoms with Crippen LogP contribution in [0.5, 0.6) is 5.75 Å². The molecule has 1 aliphatic carbocycles. The van der Waals surface area contributed by atoms with E-state index in [1.807, 2.05) is 13.0 Å². The summed E-state index contributed by atoms with van der Waals surface area (Å²) in [7, 11) is 0. The first-order valence-electron chi connectivity index (χ1n) is 11.9. The number of aromatic nitrogens is 4. The second-order valence-corrected chi connectivity index (χ2v) is 11.5. The number of nitrogens with zero attached hydrogens (tertiary/aromatic N) is 6. The van der Waals surface area contributed by atoms with Gasteiger partial charge in [-0.2, -0.15) is 5.26 Å². The number of phenolic OH excluding ortho intramolecular Hbond substituents is 1. The highest BCUT2D eigenvalue weighted by Crippen LogP contribution is 2.47. The molecule has 6 rings (SSSR count). The first-order valence-corrected chi connectivity index (χ1v) is 12.7. The minimum Gasteiger partial charge on any atom is -0.507 e. The van der Waals surface area contributed by atoms with Crippen molar-refractivity contribution in [3.8, 4) is 33.6 Å². The number of alkyl halides is 1. The molecule has 3 fully saturated rings. The smallest absolute Gasteiger partial charge is 0.245 e. The Kier molecular flexibility index (Phi) is 5.06. The maximum atomic E-state index is 15.8. The molecule has 4 heterocycles. The molecular weight excluding hydrogens is 465 g/mol. The Balaban J connectivity index is 1.28. The molecule has 0 amide bonds. The van der Waals surface area contributed by atoms with Crippen LogP contribution >= 0.6 is 11.3 Å². The van der Waals surface area contributed by atoms with Gasteiger partial charge in [0, 0.05) is 28.2 Å². The lowest BCUT2D eigenvalue weighted by molar-refractivity contribution is 0.0828. The summed E-state index contributed by atoms with van der Waals surface area (Å²) in [6.45, 7) is 4.17. The molecule has 2 N–H and O–H groups in total. The number of thiazole rings is 1. The molecule has 1 aromatic carbocycles. The Labute approximate surface area is 206 Å². The number of hydrogen-bond acceptors (Lipinski definition) is 9. The number of fused-ring (bicyclic) bond motifs is 2. The molecule has 0 radical (unpaired) electrons. The molecule has 8 nitrogen and oxygen atoms in total. The van der Waals surface area contributed by atoms with E-state index in [1.54, 1.807) is 18.3 Å². The summed E-state index contributed by atoms with van der Waals surface area (Å²) >= 11 is 1.26. The van der Waals surface area contributed by atoms with Gasteiger partial charge in [-0.05, 0) is 58.1 Å². The number of piperidine rings is 1. The molecule has 10 heteroatoms. The second kappa shape index (κ2) is 7.93. The monoisotopic (exact) mass is 491 g/mol. The molecule has 35 heavy (non-hydrogen) atoms. The van der Waals surface area contributed by atoms with Gasteiger partial charge in [0.1, 0.15) is 33.6 Å². The van der Waals surface area contributed by atoms with E-state index in [4.69, 9.17) is 5.26 Å². The number of anilines is 1. The zero-order valence-electron chi connectivity index (χ0n) is 19.6. The predicted molar refractivity (Wildman–Crippen MR) is 131 cm³/mol. The number of benzene rings is 1. The number of halogens is 1. The Morgan fingerprint density at radius 3 is 2.69 bits per heavy atom. The van der Waals surface area contributed by atoms with Gasteiger partial charge in [-0.25, -0.2) is 14.4 Å². The summed E-state index contributed by atoms with van der Waals surface area (Å²) in [4.78, 5) is 11.4. The predicted octanol–water partition coefficient (Wildman–Crippen LogP) is 4.22. The highest BCUT2D eigenvalue weighted by atomic mass is 32.1. The molecule has 180 valence electrons. The van der Waals surface area contributed by atoms with Crippen LogP contribution in [0.15, 0.2) is 30.6 Å². The summed E-state index contributed by atoms with van der Waals surface area (Å²) in [6, 6.07) is 7.17.